The van der Waals surface area contributed by atoms with Crippen molar-refractivity contribution >= 4 is 19.8 Å². The van der Waals surface area contributed by atoms with Crippen LogP contribution in [0.15, 0.2) is 122 Å². The van der Waals surface area contributed by atoms with Crippen molar-refractivity contribution in [2.45, 2.75) is 251 Å². The maximum atomic E-state index is 12.7. The van der Waals surface area contributed by atoms with Crippen molar-refractivity contribution in [3.8, 4) is 0 Å². The lowest BCUT2D eigenvalue weighted by Crippen LogP contribution is -2.29. The second-order valence-corrected chi connectivity index (χ2v) is 20.9. The summed E-state index contributed by atoms with van der Waals surface area (Å²) >= 11 is 0. The van der Waals surface area contributed by atoms with Crippen LogP contribution < -0.4 is 5.73 Å². The zero-order chi connectivity index (χ0) is 54.5. The van der Waals surface area contributed by atoms with Gasteiger partial charge in [0.05, 0.1) is 13.2 Å². The first kappa shape index (κ1) is 71.4. The number of carbonyl (C=O) groups is 2. The molecule has 0 saturated heterocycles. The van der Waals surface area contributed by atoms with Crippen molar-refractivity contribution in [3.05, 3.63) is 122 Å². The molecule has 0 aromatic heterocycles. The molecule has 0 aromatic rings. The molecule has 75 heavy (non-hydrogen) atoms. The quantitative estimate of drug-likeness (QED) is 0.0264. The number of phosphoric acid groups is 1. The summed E-state index contributed by atoms with van der Waals surface area (Å²) in [7, 11) is -4.40. The lowest BCUT2D eigenvalue weighted by atomic mass is 10.0. The number of rotatable bonds is 55. The number of allylic oxidation sites excluding steroid dienone is 20. The van der Waals surface area contributed by atoms with Gasteiger partial charge in [0.1, 0.15) is 6.61 Å². The first-order valence-corrected chi connectivity index (χ1v) is 31.5. The fraction of sp³-hybridized carbons (Fsp3) is 0.662. The van der Waals surface area contributed by atoms with Crippen LogP contribution in [-0.4, -0.2) is 49.3 Å². The molecule has 0 amide bonds. The molecule has 428 valence electrons. The van der Waals surface area contributed by atoms with Crippen molar-refractivity contribution in [1.82, 2.24) is 0 Å². The molecular weight excluding hydrogens is 954 g/mol. The van der Waals surface area contributed by atoms with E-state index in [9.17, 15) is 19.0 Å². The number of hydrogen-bond donors (Lipinski definition) is 2. The average molecular weight is 1060 g/mol. The van der Waals surface area contributed by atoms with Gasteiger partial charge in [-0.2, -0.15) is 0 Å². The lowest BCUT2D eigenvalue weighted by Gasteiger charge is -2.19. The van der Waals surface area contributed by atoms with Crippen LogP contribution in [0, 0.1) is 0 Å². The Morgan fingerprint density at radius 1 is 0.400 bits per heavy atom. The minimum absolute atomic E-state index is 0.0467. The van der Waals surface area contributed by atoms with Gasteiger partial charge in [-0.1, -0.05) is 251 Å². The summed E-state index contributed by atoms with van der Waals surface area (Å²) in [4.78, 5) is 35.1. The normalized spacial score (nSPS) is 13.9. The summed E-state index contributed by atoms with van der Waals surface area (Å²) in [6.07, 6.45) is 82.7. The molecule has 0 aliphatic heterocycles. The van der Waals surface area contributed by atoms with Crippen LogP contribution in [0.1, 0.15) is 245 Å². The first-order valence-electron chi connectivity index (χ1n) is 30.0. The Morgan fingerprint density at radius 2 is 0.693 bits per heavy atom. The average Bonchev–Trinajstić information content (AvgIpc) is 3.40. The molecule has 9 nitrogen and oxygen atoms in total. The van der Waals surface area contributed by atoms with Crippen LogP contribution in [-0.2, 0) is 32.7 Å². The van der Waals surface area contributed by atoms with E-state index in [1.807, 2.05) is 0 Å². The highest BCUT2D eigenvalue weighted by Crippen LogP contribution is 2.43. The first-order chi connectivity index (χ1) is 36.8. The maximum absolute atomic E-state index is 12.7. The zero-order valence-corrected chi connectivity index (χ0v) is 48.6. The second-order valence-electron chi connectivity index (χ2n) is 19.5. The molecule has 0 bridgehead atoms. The SMILES string of the molecule is CC/C=C\C/C=C\C/C=C\C/C=C\C/C=C\C/C=C\C/C=C\CCCCCCCCCCCCCCCCCCCC(=O)OC(COC(=O)CCCCCCC/C=C\C/C=C\C/C=C\CC)COP(=O)(O)OCCN. The van der Waals surface area contributed by atoms with Crippen molar-refractivity contribution in [2.24, 2.45) is 5.73 Å². The number of hydrogen-bond acceptors (Lipinski definition) is 8. The molecule has 2 atom stereocenters. The van der Waals surface area contributed by atoms with E-state index in [4.69, 9.17) is 24.3 Å². The van der Waals surface area contributed by atoms with Gasteiger partial charge in [-0.05, 0) is 103 Å². The molecule has 0 fully saturated rings. The number of nitrogens with two attached hydrogens (primary N) is 1. The minimum Gasteiger partial charge on any atom is -0.462 e. The number of phosphoric ester groups is 1. The van der Waals surface area contributed by atoms with Crippen molar-refractivity contribution < 1.29 is 37.6 Å². The van der Waals surface area contributed by atoms with Gasteiger partial charge in [0.2, 0.25) is 0 Å². The third-order valence-corrected chi connectivity index (χ3v) is 13.3. The van der Waals surface area contributed by atoms with E-state index in [2.05, 4.69) is 135 Å². The van der Waals surface area contributed by atoms with E-state index in [1.54, 1.807) is 0 Å². The van der Waals surface area contributed by atoms with E-state index < -0.39 is 32.5 Å². The predicted molar refractivity (Wildman–Crippen MR) is 321 cm³/mol. The molecule has 0 aromatic carbocycles. The molecule has 3 N–H and O–H groups in total. The van der Waals surface area contributed by atoms with E-state index >= 15 is 0 Å². The van der Waals surface area contributed by atoms with Gasteiger partial charge in [-0.15, -0.1) is 0 Å². The molecule has 0 saturated carbocycles. The second kappa shape index (κ2) is 59.7. The summed E-state index contributed by atoms with van der Waals surface area (Å²) < 4.78 is 33.0. The topological polar surface area (TPSA) is 134 Å². The highest BCUT2D eigenvalue weighted by Gasteiger charge is 2.26. The molecular formula is C65H110NO8P. The molecule has 0 spiro atoms. The fourth-order valence-corrected chi connectivity index (χ4v) is 8.75. The van der Waals surface area contributed by atoms with Gasteiger partial charge in [-0.25, -0.2) is 4.57 Å². The largest absolute Gasteiger partial charge is 0.472 e. The number of esters is 2. The monoisotopic (exact) mass is 1060 g/mol. The van der Waals surface area contributed by atoms with Gasteiger partial charge >= 0.3 is 19.8 Å². The van der Waals surface area contributed by atoms with E-state index in [0.29, 0.717) is 12.8 Å². The summed E-state index contributed by atoms with van der Waals surface area (Å²) in [6, 6.07) is 0. The Kier molecular flexibility index (Phi) is 56.8. The van der Waals surface area contributed by atoms with Gasteiger partial charge in [0, 0.05) is 19.4 Å². The van der Waals surface area contributed by atoms with E-state index in [0.717, 1.165) is 116 Å². The number of ether oxygens (including phenoxy) is 2. The van der Waals surface area contributed by atoms with Gasteiger partial charge in [0.15, 0.2) is 6.10 Å². The van der Waals surface area contributed by atoms with E-state index in [1.165, 1.54) is 89.9 Å². The van der Waals surface area contributed by atoms with Crippen LogP contribution in [0.4, 0.5) is 0 Å². The standard InChI is InChI=1S/C65H110NO8P/c1-3-5-7-9-11-13-15-17-19-20-21-22-23-24-25-26-27-28-29-30-31-32-33-34-35-36-37-38-39-40-41-42-44-46-48-50-52-54-56-58-65(68)74-63(62-73-75(69,70)72-60-59-66)61-71-64(67)57-55-53-51-49-47-45-43-18-16-14-12-10-8-6-4-2/h5-8,11-14,17-19,21-22,24-25,27-28,30-31,43,63H,3-4,9-10,15-16,20,23,26,29,32-42,44-62,66H2,1-2H3,(H,69,70)/b7-5-,8-6-,13-11-,14-12-,19-17-,22-21-,25-24-,28-27-,31-30-,43-18-. The highest BCUT2D eigenvalue weighted by molar-refractivity contribution is 7.47. The maximum Gasteiger partial charge on any atom is 0.472 e. The molecule has 0 aliphatic carbocycles. The Labute approximate surface area is 460 Å². The van der Waals surface area contributed by atoms with Crippen LogP contribution in [0.5, 0.6) is 0 Å². The van der Waals surface area contributed by atoms with Crippen LogP contribution in [0.2, 0.25) is 0 Å². The third-order valence-electron chi connectivity index (χ3n) is 12.3. The molecule has 0 aliphatic rings. The van der Waals surface area contributed by atoms with Crippen LogP contribution in [0.25, 0.3) is 0 Å². The number of carbonyl (C=O) groups excluding carboxylic acids is 2. The molecule has 0 rings (SSSR count). The summed E-state index contributed by atoms with van der Waals surface area (Å²) in [5.74, 6) is -0.849. The Hall–Kier alpha value is -3.59. The molecule has 10 heteroatoms. The summed E-state index contributed by atoms with van der Waals surface area (Å²) in [5.41, 5.74) is 5.38. The highest BCUT2D eigenvalue weighted by atomic mass is 31.2. The van der Waals surface area contributed by atoms with Gasteiger partial charge in [0.25, 0.3) is 0 Å². The third kappa shape index (κ3) is 59.5. The fourth-order valence-electron chi connectivity index (χ4n) is 7.98. The number of unbranched alkanes of at least 4 members (excludes halogenated alkanes) is 22. The molecule has 0 heterocycles. The van der Waals surface area contributed by atoms with Crippen molar-refractivity contribution in [1.29, 1.82) is 0 Å². The van der Waals surface area contributed by atoms with Gasteiger partial charge in [-0.3, -0.25) is 18.6 Å². The van der Waals surface area contributed by atoms with Gasteiger partial charge < -0.3 is 20.1 Å². The molecule has 2 unspecified atom stereocenters. The van der Waals surface area contributed by atoms with Crippen LogP contribution in [0.3, 0.4) is 0 Å². The van der Waals surface area contributed by atoms with E-state index in [-0.39, 0.29) is 32.6 Å². The van der Waals surface area contributed by atoms with Crippen LogP contribution >= 0.6 is 7.82 Å². The van der Waals surface area contributed by atoms with Crippen molar-refractivity contribution in [3.63, 3.8) is 0 Å². The lowest BCUT2D eigenvalue weighted by molar-refractivity contribution is -0.161. The summed E-state index contributed by atoms with van der Waals surface area (Å²) in [6.45, 7) is 3.49. The summed E-state index contributed by atoms with van der Waals surface area (Å²) in [5, 5.41) is 0. The predicted octanol–water partition coefficient (Wildman–Crippen LogP) is 19.2. The Bertz CT molecular complexity index is 1640. The Morgan fingerprint density at radius 3 is 1.03 bits per heavy atom. The minimum atomic E-state index is -4.40. The smallest absolute Gasteiger partial charge is 0.462 e. The Balaban J connectivity index is 3.88. The van der Waals surface area contributed by atoms with Crippen molar-refractivity contribution in [2.75, 3.05) is 26.4 Å². The molecule has 0 radical (unpaired) electrons. The zero-order valence-electron chi connectivity index (χ0n) is 47.7.